The number of rotatable bonds is 2. The Kier molecular flexibility index (Phi) is 5.67. The summed E-state index contributed by atoms with van der Waals surface area (Å²) in [5, 5.41) is 2.32. The maximum absolute atomic E-state index is 5.50. The van der Waals surface area contributed by atoms with Gasteiger partial charge in [-0.1, -0.05) is 95.9 Å². The average molecular weight is 753 g/mol. The van der Waals surface area contributed by atoms with Gasteiger partial charge < -0.3 is 9.55 Å². The fraction of sp³-hybridized carbons (Fsp3) is 0.0244. The number of pyridine rings is 2. The van der Waals surface area contributed by atoms with Crippen molar-refractivity contribution in [2.24, 2.45) is 0 Å². The Labute approximate surface area is 275 Å². The van der Waals surface area contributed by atoms with E-state index in [9.17, 15) is 0 Å². The van der Waals surface area contributed by atoms with Gasteiger partial charge in [-0.15, -0.1) is 59.2 Å². The zero-order valence-electron chi connectivity index (χ0n) is 23.9. The van der Waals surface area contributed by atoms with Gasteiger partial charge in [0, 0.05) is 17.1 Å². The van der Waals surface area contributed by atoms with E-state index in [0.29, 0.717) is 0 Å². The van der Waals surface area contributed by atoms with Crippen LogP contribution in [0.2, 0.25) is 0 Å². The molecule has 0 unspecified atom stereocenters. The van der Waals surface area contributed by atoms with Crippen LogP contribution in [0.15, 0.2) is 140 Å². The first-order chi connectivity index (χ1) is 21.8. The van der Waals surface area contributed by atoms with Crippen molar-refractivity contribution in [2.75, 3.05) is 0 Å². The van der Waals surface area contributed by atoms with Crippen LogP contribution in [-0.4, -0.2) is 14.5 Å². The van der Waals surface area contributed by atoms with E-state index >= 15 is 0 Å². The first-order valence-corrected chi connectivity index (χ1v) is 14.9. The van der Waals surface area contributed by atoms with Crippen LogP contribution in [-0.2, 0) is 26.5 Å². The van der Waals surface area contributed by atoms with Crippen LogP contribution < -0.4 is 0 Å². The Balaban J connectivity index is 0.00000281. The van der Waals surface area contributed by atoms with Gasteiger partial charge in [0.25, 0.3) is 0 Å². The van der Waals surface area contributed by atoms with Gasteiger partial charge >= 0.3 is 21.1 Å². The first kappa shape index (κ1) is 26.3. The van der Waals surface area contributed by atoms with Crippen molar-refractivity contribution >= 4 is 21.8 Å². The Morgan fingerprint density at radius 3 is 2.13 bits per heavy atom. The van der Waals surface area contributed by atoms with Crippen molar-refractivity contribution in [1.29, 1.82) is 0 Å². The summed E-state index contributed by atoms with van der Waals surface area (Å²) in [5.41, 5.74) is 13.2. The minimum Gasteiger partial charge on any atom is -0.313 e. The minimum absolute atomic E-state index is 0. The maximum atomic E-state index is 5.50. The van der Waals surface area contributed by atoms with E-state index < -0.39 is 5.41 Å². The largest absolute Gasteiger partial charge is 2.00 e. The second kappa shape index (κ2) is 9.69. The molecule has 0 saturated carbocycles. The number of hydrogen-bond donors (Lipinski definition) is 0. The summed E-state index contributed by atoms with van der Waals surface area (Å²) in [6, 6.07) is 54.7. The van der Waals surface area contributed by atoms with Gasteiger partial charge in [0.1, 0.15) is 5.82 Å². The van der Waals surface area contributed by atoms with Crippen molar-refractivity contribution in [2.45, 2.75) is 5.41 Å². The summed E-state index contributed by atoms with van der Waals surface area (Å²) in [7, 11) is 0. The van der Waals surface area contributed by atoms with Crippen molar-refractivity contribution in [3.63, 3.8) is 0 Å². The van der Waals surface area contributed by atoms with Crippen LogP contribution in [0.5, 0.6) is 0 Å². The van der Waals surface area contributed by atoms with Crippen molar-refractivity contribution in [3.05, 3.63) is 174 Å². The van der Waals surface area contributed by atoms with E-state index in [0.717, 1.165) is 44.8 Å². The molecule has 0 fully saturated rings. The van der Waals surface area contributed by atoms with Gasteiger partial charge in [-0.2, -0.15) is 0 Å². The molecule has 0 aliphatic heterocycles. The van der Waals surface area contributed by atoms with Crippen LogP contribution >= 0.6 is 0 Å². The normalized spacial score (nSPS) is 13.3. The van der Waals surface area contributed by atoms with Gasteiger partial charge in [-0.3, -0.25) is 4.98 Å². The fourth-order valence-electron chi connectivity index (χ4n) is 7.77. The summed E-state index contributed by atoms with van der Waals surface area (Å²) < 4.78 is 2.25. The third-order valence-electron chi connectivity index (χ3n) is 9.49. The van der Waals surface area contributed by atoms with E-state index in [-0.39, 0.29) is 21.1 Å². The monoisotopic (exact) mass is 752 g/mol. The number of fused-ring (bicyclic) bond motifs is 13. The molecule has 0 saturated heterocycles. The molecule has 1 spiro atoms. The van der Waals surface area contributed by atoms with E-state index in [1.54, 1.807) is 0 Å². The molecule has 212 valence electrons. The molecule has 5 aromatic carbocycles. The Morgan fingerprint density at radius 2 is 1.33 bits per heavy atom. The standard InChI is InChI=1S/C41H23N3.Pt/c1-5-15-32-27(11-1)28-12-2-6-16-33(28)41(32)34-17-7-3-14-31(34)40-35(41)22-23-39(43-40)44-37-19-8-4-13-29(37)30-21-20-26(25-38(30)44)36-18-9-10-24-42-36;/h1-13,15-24H;/q-2;+2. The summed E-state index contributed by atoms with van der Waals surface area (Å²) in [4.78, 5) is 10.1. The number of aromatic nitrogens is 3. The molecule has 0 amide bonds. The van der Waals surface area contributed by atoms with Crippen LogP contribution in [0.1, 0.15) is 22.3 Å². The Hall–Kier alpha value is -5.11. The van der Waals surface area contributed by atoms with Crippen molar-refractivity contribution in [3.8, 4) is 39.5 Å². The molecule has 3 aromatic heterocycles. The predicted octanol–water partition coefficient (Wildman–Crippen LogP) is 9.18. The number of nitrogens with zero attached hydrogens (tertiary/aromatic N) is 3. The Morgan fingerprint density at radius 1 is 0.600 bits per heavy atom. The molecule has 2 aliphatic rings. The smallest absolute Gasteiger partial charge is 0.313 e. The van der Waals surface area contributed by atoms with Gasteiger partial charge in [-0.25, -0.2) is 0 Å². The van der Waals surface area contributed by atoms with E-state index in [2.05, 4.69) is 131 Å². The average Bonchev–Trinajstić information content (AvgIpc) is 3.70. The molecule has 4 heteroatoms. The molecule has 2 aliphatic carbocycles. The van der Waals surface area contributed by atoms with Crippen LogP contribution in [0.3, 0.4) is 0 Å². The molecule has 3 heterocycles. The number of benzene rings is 5. The van der Waals surface area contributed by atoms with Gasteiger partial charge in [0.05, 0.1) is 0 Å². The first-order valence-electron chi connectivity index (χ1n) is 14.9. The molecule has 0 radical (unpaired) electrons. The molecule has 3 nitrogen and oxygen atoms in total. The van der Waals surface area contributed by atoms with E-state index in [4.69, 9.17) is 4.98 Å². The molecule has 0 atom stereocenters. The molecule has 45 heavy (non-hydrogen) atoms. The topological polar surface area (TPSA) is 30.7 Å². The minimum atomic E-state index is -0.430. The number of para-hydroxylation sites is 1. The maximum Gasteiger partial charge on any atom is 2.00 e. The van der Waals surface area contributed by atoms with Crippen molar-refractivity contribution < 1.29 is 21.1 Å². The second-order valence-corrected chi connectivity index (χ2v) is 11.6. The second-order valence-electron chi connectivity index (χ2n) is 11.6. The summed E-state index contributed by atoms with van der Waals surface area (Å²) in [6.45, 7) is 0. The molecular weight excluding hydrogens is 730 g/mol. The van der Waals surface area contributed by atoms with Crippen LogP contribution in [0.25, 0.3) is 61.3 Å². The van der Waals surface area contributed by atoms with E-state index in [1.165, 1.54) is 38.8 Å². The predicted molar refractivity (Wildman–Crippen MR) is 176 cm³/mol. The molecule has 0 bridgehead atoms. The third-order valence-corrected chi connectivity index (χ3v) is 9.49. The van der Waals surface area contributed by atoms with Gasteiger partial charge in [0.15, 0.2) is 0 Å². The molecule has 0 N–H and O–H groups in total. The van der Waals surface area contributed by atoms with Crippen LogP contribution in [0, 0.1) is 12.1 Å². The Bertz CT molecular complexity index is 2410. The van der Waals surface area contributed by atoms with E-state index in [1.807, 2.05) is 30.5 Å². The quantitative estimate of drug-likeness (QED) is 0.165. The van der Waals surface area contributed by atoms with Gasteiger partial charge in [0.2, 0.25) is 0 Å². The zero-order chi connectivity index (χ0) is 28.8. The summed E-state index contributed by atoms with van der Waals surface area (Å²) >= 11 is 0. The zero-order valence-corrected chi connectivity index (χ0v) is 26.2. The fourth-order valence-corrected chi connectivity index (χ4v) is 7.77. The summed E-state index contributed by atoms with van der Waals surface area (Å²) in [5.74, 6) is 0.865. The molecule has 8 aromatic rings. The third kappa shape index (κ3) is 3.39. The molecular formula is C41H23N3Pt. The summed E-state index contributed by atoms with van der Waals surface area (Å²) in [6.07, 6.45) is 1.83. The SMILES string of the molecule is [Pt+2].[c-]1cccc2c1-c1nc(-n3c4[c-]c(-c5ccccn5)ccc4c4ccccc43)ccc1C21c2ccccc2-c2ccccc21. The molecule has 10 rings (SSSR count). The van der Waals surface area contributed by atoms with Crippen LogP contribution in [0.4, 0.5) is 0 Å². The number of hydrogen-bond acceptors (Lipinski definition) is 2. The van der Waals surface area contributed by atoms with Gasteiger partial charge in [-0.05, 0) is 62.7 Å². The van der Waals surface area contributed by atoms with Crippen molar-refractivity contribution in [1.82, 2.24) is 14.5 Å².